The Bertz CT molecular complexity index is 723. The molecular weight excluding hydrogens is 465 g/mol. The summed E-state index contributed by atoms with van der Waals surface area (Å²) in [5, 5.41) is 17.5. The molecular formula is C19H25ClIN3O2. The van der Waals surface area contributed by atoms with Crippen molar-refractivity contribution in [2.45, 2.75) is 26.4 Å². The predicted octanol–water partition coefficient (Wildman–Crippen LogP) is 4.49. The Morgan fingerprint density at radius 3 is 2.54 bits per heavy atom. The van der Waals surface area contributed by atoms with E-state index in [0.717, 1.165) is 12.1 Å². The molecule has 2 aromatic carbocycles. The van der Waals surface area contributed by atoms with Gasteiger partial charge in [-0.05, 0) is 37.6 Å². The summed E-state index contributed by atoms with van der Waals surface area (Å²) in [6.07, 6.45) is 0. The lowest BCUT2D eigenvalue weighted by molar-refractivity contribution is 0.370. The molecule has 5 nitrogen and oxygen atoms in total. The summed E-state index contributed by atoms with van der Waals surface area (Å²) in [6.45, 7) is 5.14. The van der Waals surface area contributed by atoms with Crippen LogP contribution in [0.2, 0.25) is 5.02 Å². The first-order valence-electron chi connectivity index (χ1n) is 8.20. The van der Waals surface area contributed by atoms with Crippen LogP contribution in [0.1, 0.15) is 31.0 Å². The number of nitrogens with one attached hydrogen (secondary N) is 2. The first-order valence-corrected chi connectivity index (χ1v) is 8.58. The number of benzene rings is 2. The topological polar surface area (TPSA) is 65.9 Å². The van der Waals surface area contributed by atoms with Gasteiger partial charge in [-0.25, -0.2) is 4.99 Å². The monoisotopic (exact) mass is 489 g/mol. The Morgan fingerprint density at radius 2 is 1.92 bits per heavy atom. The fraction of sp³-hybridized carbons (Fsp3) is 0.316. The van der Waals surface area contributed by atoms with Crippen molar-refractivity contribution < 1.29 is 9.84 Å². The summed E-state index contributed by atoms with van der Waals surface area (Å²) >= 11 is 5.94. The van der Waals surface area contributed by atoms with Gasteiger partial charge in [0.1, 0.15) is 0 Å². The van der Waals surface area contributed by atoms with Crippen molar-refractivity contribution in [3.8, 4) is 11.5 Å². The zero-order chi connectivity index (χ0) is 18.2. The second-order valence-corrected chi connectivity index (χ2v) is 6.02. The number of phenolic OH excluding ortho intramolecular Hbond substituents is 1. The molecule has 1 atom stereocenters. The van der Waals surface area contributed by atoms with Crippen LogP contribution in [0, 0.1) is 0 Å². The molecule has 0 saturated carbocycles. The molecule has 0 saturated heterocycles. The highest BCUT2D eigenvalue weighted by Gasteiger charge is 2.10. The van der Waals surface area contributed by atoms with Crippen molar-refractivity contribution in [2.75, 3.05) is 13.7 Å². The van der Waals surface area contributed by atoms with Crippen LogP contribution in [0.3, 0.4) is 0 Å². The molecule has 0 radical (unpaired) electrons. The smallest absolute Gasteiger partial charge is 0.192 e. The zero-order valence-electron chi connectivity index (χ0n) is 15.1. The van der Waals surface area contributed by atoms with Gasteiger partial charge in [0.05, 0.1) is 19.7 Å². The third-order valence-electron chi connectivity index (χ3n) is 3.78. The zero-order valence-corrected chi connectivity index (χ0v) is 18.2. The van der Waals surface area contributed by atoms with Crippen LogP contribution >= 0.6 is 35.6 Å². The maximum Gasteiger partial charge on any atom is 0.192 e. The molecule has 2 aromatic rings. The van der Waals surface area contributed by atoms with Crippen molar-refractivity contribution in [3.63, 3.8) is 0 Å². The summed E-state index contributed by atoms with van der Waals surface area (Å²) in [5.41, 5.74) is 1.81. The van der Waals surface area contributed by atoms with Crippen LogP contribution in [0.25, 0.3) is 0 Å². The van der Waals surface area contributed by atoms with Gasteiger partial charge in [-0.3, -0.25) is 0 Å². The minimum atomic E-state index is 0. The van der Waals surface area contributed by atoms with Gasteiger partial charge in [0.2, 0.25) is 0 Å². The lowest BCUT2D eigenvalue weighted by Gasteiger charge is -2.18. The number of aromatic hydroxyl groups is 1. The van der Waals surface area contributed by atoms with E-state index in [9.17, 15) is 5.11 Å². The normalized spacial score (nSPS) is 12.1. The van der Waals surface area contributed by atoms with Crippen LogP contribution in [-0.4, -0.2) is 24.7 Å². The van der Waals surface area contributed by atoms with Crippen LogP contribution in [0.5, 0.6) is 11.5 Å². The van der Waals surface area contributed by atoms with Gasteiger partial charge in [-0.1, -0.05) is 35.9 Å². The van der Waals surface area contributed by atoms with Crippen LogP contribution in [0.15, 0.2) is 47.5 Å². The van der Waals surface area contributed by atoms with Crippen LogP contribution in [-0.2, 0) is 6.54 Å². The Morgan fingerprint density at radius 1 is 1.23 bits per heavy atom. The molecule has 0 aliphatic rings. The van der Waals surface area contributed by atoms with E-state index in [0.29, 0.717) is 28.8 Å². The molecule has 0 heterocycles. The standard InChI is InChI=1S/C19H24ClN3O2.HI/c1-4-21-19(23-13(2)14-8-10-16(20)11-9-14)22-12-15-6-5-7-17(25-3)18(15)24;/h5-11,13,24H,4,12H2,1-3H3,(H2,21,22,23);1H. The number of ether oxygens (including phenoxy) is 1. The van der Waals surface area contributed by atoms with Gasteiger partial charge in [-0.2, -0.15) is 0 Å². The van der Waals surface area contributed by atoms with E-state index < -0.39 is 0 Å². The summed E-state index contributed by atoms with van der Waals surface area (Å²) in [7, 11) is 1.53. The number of phenols is 1. The molecule has 0 aromatic heterocycles. The van der Waals surface area contributed by atoms with E-state index in [2.05, 4.69) is 22.5 Å². The molecule has 7 heteroatoms. The van der Waals surface area contributed by atoms with Crippen molar-refractivity contribution in [1.82, 2.24) is 10.6 Å². The number of guanidine groups is 1. The highest BCUT2D eigenvalue weighted by atomic mass is 127. The first-order chi connectivity index (χ1) is 12.0. The third-order valence-corrected chi connectivity index (χ3v) is 4.03. The number of nitrogens with zero attached hydrogens (tertiary/aromatic N) is 1. The molecule has 0 bridgehead atoms. The molecule has 0 spiro atoms. The van der Waals surface area contributed by atoms with E-state index in [4.69, 9.17) is 16.3 Å². The Balaban J connectivity index is 0.00000338. The van der Waals surface area contributed by atoms with Crippen LogP contribution < -0.4 is 15.4 Å². The lowest BCUT2D eigenvalue weighted by atomic mass is 10.1. The fourth-order valence-corrected chi connectivity index (χ4v) is 2.51. The molecule has 0 amide bonds. The Labute approximate surface area is 176 Å². The molecule has 0 aliphatic carbocycles. The maximum atomic E-state index is 10.2. The van der Waals surface area contributed by atoms with Crippen molar-refractivity contribution in [2.24, 2.45) is 4.99 Å². The largest absolute Gasteiger partial charge is 0.504 e. The second-order valence-electron chi connectivity index (χ2n) is 5.58. The van der Waals surface area contributed by atoms with E-state index in [1.165, 1.54) is 7.11 Å². The number of rotatable bonds is 6. The quantitative estimate of drug-likeness (QED) is 0.318. The lowest BCUT2D eigenvalue weighted by Crippen LogP contribution is -2.38. The van der Waals surface area contributed by atoms with Crippen molar-refractivity contribution in [3.05, 3.63) is 58.6 Å². The molecule has 3 N–H and O–H groups in total. The maximum absolute atomic E-state index is 10.2. The molecule has 0 fully saturated rings. The van der Waals surface area contributed by atoms with E-state index >= 15 is 0 Å². The van der Waals surface area contributed by atoms with Gasteiger partial charge in [0.15, 0.2) is 17.5 Å². The molecule has 1 unspecified atom stereocenters. The Kier molecular flexibility index (Phi) is 9.58. The fourth-order valence-electron chi connectivity index (χ4n) is 2.38. The minimum Gasteiger partial charge on any atom is -0.504 e. The second kappa shape index (κ2) is 11.1. The summed E-state index contributed by atoms with van der Waals surface area (Å²) in [4.78, 5) is 4.56. The summed E-state index contributed by atoms with van der Waals surface area (Å²) in [5.74, 6) is 1.24. The van der Waals surface area contributed by atoms with E-state index in [1.807, 2.05) is 43.3 Å². The van der Waals surface area contributed by atoms with Gasteiger partial charge in [0, 0.05) is 17.1 Å². The highest BCUT2D eigenvalue weighted by Crippen LogP contribution is 2.29. The Hall–Kier alpha value is -1.67. The number of aliphatic imine (C=N–C) groups is 1. The summed E-state index contributed by atoms with van der Waals surface area (Å²) in [6, 6.07) is 13.1. The SMILES string of the molecule is CCNC(=NCc1cccc(OC)c1O)NC(C)c1ccc(Cl)cc1.I. The third kappa shape index (κ3) is 6.25. The molecule has 142 valence electrons. The number of halogens is 2. The van der Waals surface area contributed by atoms with Crippen molar-refractivity contribution >= 4 is 41.5 Å². The number of hydrogen-bond acceptors (Lipinski definition) is 3. The highest BCUT2D eigenvalue weighted by molar-refractivity contribution is 14.0. The van der Waals surface area contributed by atoms with Crippen molar-refractivity contribution in [1.29, 1.82) is 0 Å². The number of hydrogen-bond donors (Lipinski definition) is 3. The predicted molar refractivity (Wildman–Crippen MR) is 118 cm³/mol. The first kappa shape index (κ1) is 22.4. The van der Waals surface area contributed by atoms with Gasteiger partial charge in [-0.15, -0.1) is 24.0 Å². The van der Waals surface area contributed by atoms with Crippen LogP contribution in [0.4, 0.5) is 0 Å². The van der Waals surface area contributed by atoms with Gasteiger partial charge < -0.3 is 20.5 Å². The summed E-state index contributed by atoms with van der Waals surface area (Å²) < 4.78 is 5.13. The van der Waals surface area contributed by atoms with Gasteiger partial charge >= 0.3 is 0 Å². The van der Waals surface area contributed by atoms with E-state index in [-0.39, 0.29) is 35.8 Å². The molecule has 2 rings (SSSR count). The molecule has 26 heavy (non-hydrogen) atoms. The number of methoxy groups -OCH3 is 1. The molecule has 0 aliphatic heterocycles. The average molecular weight is 490 g/mol. The minimum absolute atomic E-state index is 0. The average Bonchev–Trinajstić information content (AvgIpc) is 2.61. The van der Waals surface area contributed by atoms with Gasteiger partial charge in [0.25, 0.3) is 0 Å². The number of para-hydroxylation sites is 1. The van der Waals surface area contributed by atoms with E-state index in [1.54, 1.807) is 6.07 Å².